The van der Waals surface area contributed by atoms with E-state index in [0.717, 1.165) is 24.9 Å². The van der Waals surface area contributed by atoms with E-state index >= 15 is 0 Å². The SMILES string of the molecule is CCCC(CC)CC(=O)c1ccc(C(=O)N(CC)c2cccnc2)cc1. The highest BCUT2D eigenvalue weighted by Crippen LogP contribution is 2.20. The standard InChI is InChI=1S/C22H28N2O2/c1-4-8-17(5-2)15-21(25)18-10-12-19(13-11-18)22(26)24(6-3)20-9-7-14-23-16-20/h7,9-14,16-17H,4-6,8,15H2,1-3H3. The summed E-state index contributed by atoms with van der Waals surface area (Å²) in [5.41, 5.74) is 2.03. The molecule has 0 saturated carbocycles. The molecule has 0 N–H and O–H groups in total. The molecule has 0 radical (unpaired) electrons. The summed E-state index contributed by atoms with van der Waals surface area (Å²) in [6, 6.07) is 10.7. The predicted octanol–water partition coefficient (Wildman–Crippen LogP) is 5.15. The third-order valence-electron chi connectivity index (χ3n) is 4.72. The van der Waals surface area contributed by atoms with Crippen LogP contribution in [0.15, 0.2) is 48.8 Å². The van der Waals surface area contributed by atoms with Gasteiger partial charge in [0.2, 0.25) is 0 Å². The Morgan fingerprint density at radius 2 is 1.73 bits per heavy atom. The van der Waals surface area contributed by atoms with Crippen molar-refractivity contribution in [2.45, 2.75) is 46.5 Å². The van der Waals surface area contributed by atoms with E-state index in [1.54, 1.807) is 41.6 Å². The highest BCUT2D eigenvalue weighted by atomic mass is 16.2. The summed E-state index contributed by atoms with van der Waals surface area (Å²) >= 11 is 0. The van der Waals surface area contributed by atoms with Crippen molar-refractivity contribution in [3.8, 4) is 0 Å². The maximum absolute atomic E-state index is 12.8. The number of amides is 1. The lowest BCUT2D eigenvalue weighted by molar-refractivity contribution is 0.0953. The van der Waals surface area contributed by atoms with E-state index in [9.17, 15) is 9.59 Å². The molecule has 1 amide bonds. The van der Waals surface area contributed by atoms with Crippen molar-refractivity contribution in [1.82, 2.24) is 4.98 Å². The normalized spacial score (nSPS) is 11.8. The van der Waals surface area contributed by atoms with Gasteiger partial charge in [-0.05, 0) is 37.1 Å². The van der Waals surface area contributed by atoms with Crippen molar-refractivity contribution in [3.05, 3.63) is 59.9 Å². The Hall–Kier alpha value is -2.49. The Balaban J connectivity index is 2.10. The first-order chi connectivity index (χ1) is 12.6. The van der Waals surface area contributed by atoms with Crippen molar-refractivity contribution >= 4 is 17.4 Å². The van der Waals surface area contributed by atoms with E-state index in [4.69, 9.17) is 0 Å². The van der Waals surface area contributed by atoms with E-state index in [2.05, 4.69) is 18.8 Å². The van der Waals surface area contributed by atoms with Crippen LogP contribution in [0.25, 0.3) is 0 Å². The third-order valence-corrected chi connectivity index (χ3v) is 4.72. The number of hydrogen-bond donors (Lipinski definition) is 0. The van der Waals surface area contributed by atoms with Crippen LogP contribution in [0.5, 0.6) is 0 Å². The fourth-order valence-corrected chi connectivity index (χ4v) is 3.15. The number of Topliss-reactive ketones (excluding diaryl/α,β-unsaturated/α-hetero) is 1. The second-order valence-electron chi connectivity index (χ2n) is 6.53. The minimum atomic E-state index is -0.0862. The van der Waals surface area contributed by atoms with Gasteiger partial charge < -0.3 is 4.90 Å². The molecule has 0 fully saturated rings. The van der Waals surface area contributed by atoms with Crippen LogP contribution in [0.4, 0.5) is 5.69 Å². The summed E-state index contributed by atoms with van der Waals surface area (Å²) in [7, 11) is 0. The zero-order valence-corrected chi connectivity index (χ0v) is 15.9. The number of ketones is 1. The highest BCUT2D eigenvalue weighted by molar-refractivity contribution is 6.06. The van der Waals surface area contributed by atoms with Crippen LogP contribution in [-0.4, -0.2) is 23.2 Å². The molecule has 4 heteroatoms. The largest absolute Gasteiger partial charge is 0.307 e. The van der Waals surface area contributed by atoms with Gasteiger partial charge in [-0.1, -0.05) is 45.2 Å². The van der Waals surface area contributed by atoms with Crippen molar-refractivity contribution in [1.29, 1.82) is 0 Å². The van der Waals surface area contributed by atoms with E-state index in [1.165, 1.54) is 0 Å². The number of carbonyl (C=O) groups is 2. The molecule has 0 spiro atoms. The summed E-state index contributed by atoms with van der Waals surface area (Å²) in [5.74, 6) is 0.510. The van der Waals surface area contributed by atoms with Crippen LogP contribution in [0.1, 0.15) is 67.2 Å². The zero-order chi connectivity index (χ0) is 18.9. The van der Waals surface area contributed by atoms with Gasteiger partial charge in [0.25, 0.3) is 5.91 Å². The van der Waals surface area contributed by atoms with E-state index in [-0.39, 0.29) is 11.7 Å². The monoisotopic (exact) mass is 352 g/mol. The second kappa shape index (κ2) is 9.85. The molecule has 2 rings (SSSR count). The number of rotatable bonds is 9. The molecular weight excluding hydrogens is 324 g/mol. The van der Waals surface area contributed by atoms with Crippen LogP contribution in [-0.2, 0) is 0 Å². The van der Waals surface area contributed by atoms with E-state index in [0.29, 0.717) is 30.0 Å². The first-order valence-corrected chi connectivity index (χ1v) is 9.45. The Morgan fingerprint density at radius 1 is 1.04 bits per heavy atom. The van der Waals surface area contributed by atoms with Crippen molar-refractivity contribution in [2.24, 2.45) is 5.92 Å². The average molecular weight is 352 g/mol. The van der Waals surface area contributed by atoms with Crippen LogP contribution in [0, 0.1) is 5.92 Å². The summed E-state index contributed by atoms with van der Waals surface area (Å²) in [6.07, 6.45) is 7.14. The fraction of sp³-hybridized carbons (Fsp3) is 0.409. The van der Waals surface area contributed by atoms with Crippen LogP contribution in [0.2, 0.25) is 0 Å². The average Bonchev–Trinajstić information content (AvgIpc) is 2.69. The molecule has 0 saturated heterocycles. The Bertz CT molecular complexity index is 711. The first kappa shape index (κ1) is 19.8. The molecule has 0 aliphatic carbocycles. The smallest absolute Gasteiger partial charge is 0.258 e. The van der Waals surface area contributed by atoms with Gasteiger partial charge in [-0.3, -0.25) is 14.6 Å². The van der Waals surface area contributed by atoms with Crippen molar-refractivity contribution in [3.63, 3.8) is 0 Å². The minimum absolute atomic E-state index is 0.0862. The number of hydrogen-bond acceptors (Lipinski definition) is 3. The molecule has 26 heavy (non-hydrogen) atoms. The van der Waals surface area contributed by atoms with Gasteiger partial charge in [0.1, 0.15) is 0 Å². The number of pyridine rings is 1. The van der Waals surface area contributed by atoms with Crippen LogP contribution >= 0.6 is 0 Å². The van der Waals surface area contributed by atoms with Crippen LogP contribution < -0.4 is 4.90 Å². The van der Waals surface area contributed by atoms with Gasteiger partial charge in [0.15, 0.2) is 5.78 Å². The molecule has 1 aromatic heterocycles. The fourth-order valence-electron chi connectivity index (χ4n) is 3.15. The Morgan fingerprint density at radius 3 is 2.27 bits per heavy atom. The van der Waals surface area contributed by atoms with Crippen molar-refractivity contribution < 1.29 is 9.59 Å². The van der Waals surface area contributed by atoms with Gasteiger partial charge in [-0.25, -0.2) is 0 Å². The number of nitrogens with zero attached hydrogens (tertiary/aromatic N) is 2. The molecule has 1 atom stereocenters. The maximum atomic E-state index is 12.8. The molecule has 0 bridgehead atoms. The molecule has 1 heterocycles. The van der Waals surface area contributed by atoms with Gasteiger partial charge >= 0.3 is 0 Å². The topological polar surface area (TPSA) is 50.3 Å². The molecule has 1 unspecified atom stereocenters. The zero-order valence-electron chi connectivity index (χ0n) is 15.9. The second-order valence-corrected chi connectivity index (χ2v) is 6.53. The predicted molar refractivity (Wildman–Crippen MR) is 106 cm³/mol. The lowest BCUT2D eigenvalue weighted by atomic mass is 9.92. The molecule has 1 aromatic carbocycles. The van der Waals surface area contributed by atoms with Crippen LogP contribution in [0.3, 0.4) is 0 Å². The summed E-state index contributed by atoms with van der Waals surface area (Å²) in [6.45, 7) is 6.77. The molecule has 4 nitrogen and oxygen atoms in total. The molecular formula is C22H28N2O2. The lowest BCUT2D eigenvalue weighted by Gasteiger charge is -2.20. The molecule has 0 aliphatic rings. The van der Waals surface area contributed by atoms with Gasteiger partial charge in [0.05, 0.1) is 11.9 Å². The summed E-state index contributed by atoms with van der Waals surface area (Å²) < 4.78 is 0. The lowest BCUT2D eigenvalue weighted by Crippen LogP contribution is -2.30. The minimum Gasteiger partial charge on any atom is -0.307 e. The number of anilines is 1. The highest BCUT2D eigenvalue weighted by Gasteiger charge is 2.18. The maximum Gasteiger partial charge on any atom is 0.258 e. The Labute approximate surface area is 156 Å². The number of carbonyl (C=O) groups excluding carboxylic acids is 2. The molecule has 2 aromatic rings. The van der Waals surface area contributed by atoms with Gasteiger partial charge in [0, 0.05) is 30.3 Å². The molecule has 0 aliphatic heterocycles. The van der Waals surface area contributed by atoms with Gasteiger partial charge in [-0.2, -0.15) is 0 Å². The van der Waals surface area contributed by atoms with E-state index < -0.39 is 0 Å². The van der Waals surface area contributed by atoms with E-state index in [1.807, 2.05) is 19.1 Å². The number of aromatic nitrogens is 1. The van der Waals surface area contributed by atoms with Crippen molar-refractivity contribution in [2.75, 3.05) is 11.4 Å². The summed E-state index contributed by atoms with van der Waals surface area (Å²) in [5, 5.41) is 0. The molecule has 138 valence electrons. The summed E-state index contributed by atoms with van der Waals surface area (Å²) in [4.78, 5) is 31.0. The number of benzene rings is 1. The third kappa shape index (κ3) is 5.01. The Kier molecular flexibility index (Phi) is 7.52. The quantitative estimate of drug-likeness (QED) is 0.587. The van der Waals surface area contributed by atoms with Gasteiger partial charge in [-0.15, -0.1) is 0 Å². The first-order valence-electron chi connectivity index (χ1n) is 9.45.